The van der Waals surface area contributed by atoms with Crippen LogP contribution in [0.25, 0.3) is 0 Å². The third-order valence-electron chi connectivity index (χ3n) is 4.27. The van der Waals surface area contributed by atoms with Gasteiger partial charge in [0.15, 0.2) is 0 Å². The number of hydrogen-bond donors (Lipinski definition) is 3. The number of rotatable bonds is 6. The van der Waals surface area contributed by atoms with E-state index in [1.807, 2.05) is 0 Å². The number of anilines is 2. The molecule has 0 radical (unpaired) electrons. The molecule has 0 bridgehead atoms. The molecule has 0 aliphatic heterocycles. The van der Waals surface area contributed by atoms with Gasteiger partial charge in [0.2, 0.25) is 0 Å². The highest BCUT2D eigenvalue weighted by Gasteiger charge is 2.16. The second-order valence-corrected chi connectivity index (χ2v) is 5.91. The maximum Gasteiger partial charge on any atom is 0.330 e. The summed E-state index contributed by atoms with van der Waals surface area (Å²) in [6.07, 6.45) is 8.04. The Labute approximate surface area is 124 Å². The van der Waals surface area contributed by atoms with Crippen LogP contribution in [0.2, 0.25) is 0 Å². The van der Waals surface area contributed by atoms with Crippen LogP contribution in [0.1, 0.15) is 51.9 Å². The van der Waals surface area contributed by atoms with E-state index in [-0.39, 0.29) is 5.82 Å². The highest BCUT2D eigenvalue weighted by Crippen LogP contribution is 2.24. The predicted molar refractivity (Wildman–Crippen MR) is 85.7 cm³/mol. The van der Waals surface area contributed by atoms with E-state index < -0.39 is 11.2 Å². The minimum Gasteiger partial charge on any atom is -0.383 e. The van der Waals surface area contributed by atoms with Gasteiger partial charge in [-0.15, -0.1) is 0 Å². The van der Waals surface area contributed by atoms with Crippen molar-refractivity contribution in [3.05, 3.63) is 20.8 Å². The third-order valence-corrected chi connectivity index (χ3v) is 4.27. The molecule has 0 saturated heterocycles. The van der Waals surface area contributed by atoms with Gasteiger partial charge < -0.3 is 11.1 Å². The maximum atomic E-state index is 11.9. The molecule has 1 aromatic heterocycles. The van der Waals surface area contributed by atoms with E-state index in [0.29, 0.717) is 18.2 Å². The van der Waals surface area contributed by atoms with E-state index in [1.54, 1.807) is 0 Å². The molecule has 1 aromatic rings. The van der Waals surface area contributed by atoms with E-state index in [2.05, 4.69) is 17.2 Å². The Kier molecular flexibility index (Phi) is 5.47. The number of nitrogen functional groups attached to an aromatic ring is 1. The molecule has 0 atom stereocenters. The van der Waals surface area contributed by atoms with Crippen molar-refractivity contribution in [3.63, 3.8) is 0 Å². The normalized spacial score (nSPS) is 16.0. The summed E-state index contributed by atoms with van der Waals surface area (Å²) in [5, 5.41) is 3.17. The average Bonchev–Trinajstić information content (AvgIpc) is 2.47. The van der Waals surface area contributed by atoms with Crippen LogP contribution in [0.3, 0.4) is 0 Å². The van der Waals surface area contributed by atoms with Crippen molar-refractivity contribution in [1.82, 2.24) is 9.55 Å². The lowest BCUT2D eigenvalue weighted by molar-refractivity contribution is 0.373. The summed E-state index contributed by atoms with van der Waals surface area (Å²) < 4.78 is 1.45. The molecule has 4 N–H and O–H groups in total. The number of hydrogen-bond acceptors (Lipinski definition) is 4. The summed E-state index contributed by atoms with van der Waals surface area (Å²) in [6.45, 7) is 3.34. The molecule has 1 fully saturated rings. The first-order valence-electron chi connectivity index (χ1n) is 8.00. The van der Waals surface area contributed by atoms with Gasteiger partial charge in [0, 0.05) is 13.1 Å². The van der Waals surface area contributed by atoms with Crippen molar-refractivity contribution in [1.29, 1.82) is 0 Å². The Bertz CT molecular complexity index is 570. The monoisotopic (exact) mass is 294 g/mol. The molecular weight excluding hydrogens is 268 g/mol. The standard InChI is InChI=1S/C15H26N4O2/c1-2-3-9-19-13(16)12(14(20)18-15(19)21)17-10-11-7-5-4-6-8-11/h11,17H,2-10,16H2,1H3,(H,18,20,21). The molecule has 0 aromatic carbocycles. The lowest BCUT2D eigenvalue weighted by atomic mass is 9.89. The summed E-state index contributed by atoms with van der Waals surface area (Å²) in [5.74, 6) is 0.849. The molecule has 0 spiro atoms. The average molecular weight is 294 g/mol. The van der Waals surface area contributed by atoms with Crippen molar-refractivity contribution < 1.29 is 0 Å². The number of aromatic nitrogens is 2. The SMILES string of the molecule is CCCCn1c(N)c(NCC2CCCCC2)c(=O)[nH]c1=O. The summed E-state index contributed by atoms with van der Waals surface area (Å²) >= 11 is 0. The Morgan fingerprint density at radius 2 is 2.00 bits per heavy atom. The van der Waals surface area contributed by atoms with Crippen LogP contribution in [-0.2, 0) is 6.54 Å². The van der Waals surface area contributed by atoms with Crippen LogP contribution in [-0.4, -0.2) is 16.1 Å². The number of aromatic amines is 1. The largest absolute Gasteiger partial charge is 0.383 e. The summed E-state index contributed by atoms with van der Waals surface area (Å²) in [6, 6.07) is 0. The van der Waals surface area contributed by atoms with Crippen molar-refractivity contribution in [2.45, 2.75) is 58.4 Å². The molecule has 1 saturated carbocycles. The Morgan fingerprint density at radius 1 is 1.29 bits per heavy atom. The topological polar surface area (TPSA) is 92.9 Å². The second kappa shape index (κ2) is 7.33. The van der Waals surface area contributed by atoms with Crippen LogP contribution in [0.5, 0.6) is 0 Å². The first-order chi connectivity index (χ1) is 10.1. The molecule has 0 amide bonds. The van der Waals surface area contributed by atoms with Gasteiger partial charge in [0.1, 0.15) is 11.5 Å². The van der Waals surface area contributed by atoms with Gasteiger partial charge in [-0.3, -0.25) is 14.3 Å². The van der Waals surface area contributed by atoms with Crippen LogP contribution >= 0.6 is 0 Å². The molecule has 1 aliphatic carbocycles. The van der Waals surface area contributed by atoms with Crippen LogP contribution in [0.15, 0.2) is 9.59 Å². The summed E-state index contributed by atoms with van der Waals surface area (Å²) in [7, 11) is 0. The van der Waals surface area contributed by atoms with Crippen molar-refractivity contribution in [2.75, 3.05) is 17.6 Å². The fourth-order valence-electron chi connectivity index (χ4n) is 2.93. The molecule has 0 unspecified atom stereocenters. The second-order valence-electron chi connectivity index (χ2n) is 5.91. The minimum absolute atomic E-state index is 0.257. The number of unbranched alkanes of at least 4 members (excludes halogenated alkanes) is 1. The Balaban J connectivity index is 2.14. The van der Waals surface area contributed by atoms with Gasteiger partial charge in [-0.05, 0) is 25.2 Å². The van der Waals surface area contributed by atoms with Gasteiger partial charge in [-0.25, -0.2) is 4.79 Å². The van der Waals surface area contributed by atoms with Crippen molar-refractivity contribution >= 4 is 11.5 Å². The highest BCUT2D eigenvalue weighted by molar-refractivity contribution is 5.60. The van der Waals surface area contributed by atoms with Gasteiger partial charge in [0.25, 0.3) is 5.56 Å². The number of nitrogens with one attached hydrogen (secondary N) is 2. The molecule has 1 aliphatic rings. The zero-order valence-corrected chi connectivity index (χ0v) is 12.8. The molecule has 118 valence electrons. The molecular formula is C15H26N4O2. The number of H-pyrrole nitrogens is 1. The molecule has 21 heavy (non-hydrogen) atoms. The van der Waals surface area contributed by atoms with E-state index in [9.17, 15) is 9.59 Å². The number of nitrogens with zero attached hydrogens (tertiary/aromatic N) is 1. The summed E-state index contributed by atoms with van der Waals surface area (Å²) in [5.41, 5.74) is 5.53. The van der Waals surface area contributed by atoms with Gasteiger partial charge in [0.05, 0.1) is 0 Å². The fourth-order valence-corrected chi connectivity index (χ4v) is 2.93. The summed E-state index contributed by atoms with van der Waals surface area (Å²) in [4.78, 5) is 26.1. The van der Waals surface area contributed by atoms with E-state index in [1.165, 1.54) is 36.7 Å². The molecule has 2 rings (SSSR count). The van der Waals surface area contributed by atoms with Gasteiger partial charge in [-0.2, -0.15) is 0 Å². The zero-order chi connectivity index (χ0) is 15.2. The van der Waals surface area contributed by atoms with Crippen molar-refractivity contribution in [2.24, 2.45) is 5.92 Å². The minimum atomic E-state index is -0.422. The van der Waals surface area contributed by atoms with Crippen LogP contribution in [0.4, 0.5) is 11.5 Å². The lowest BCUT2D eigenvalue weighted by Gasteiger charge is -2.22. The molecule has 6 heteroatoms. The van der Waals surface area contributed by atoms with Crippen LogP contribution in [0, 0.1) is 5.92 Å². The fraction of sp³-hybridized carbons (Fsp3) is 0.733. The molecule has 6 nitrogen and oxygen atoms in total. The van der Waals surface area contributed by atoms with E-state index >= 15 is 0 Å². The van der Waals surface area contributed by atoms with E-state index in [4.69, 9.17) is 5.73 Å². The predicted octanol–water partition coefficient (Wildman–Crippen LogP) is 1.91. The lowest BCUT2D eigenvalue weighted by Crippen LogP contribution is -2.35. The number of nitrogens with two attached hydrogens (primary N) is 1. The quantitative estimate of drug-likeness (QED) is 0.747. The molecule has 1 heterocycles. The Hall–Kier alpha value is -1.72. The van der Waals surface area contributed by atoms with Gasteiger partial charge >= 0.3 is 5.69 Å². The first kappa shape index (κ1) is 15.7. The van der Waals surface area contributed by atoms with Gasteiger partial charge in [-0.1, -0.05) is 32.6 Å². The first-order valence-corrected chi connectivity index (χ1v) is 8.00. The highest BCUT2D eigenvalue weighted by atomic mass is 16.2. The van der Waals surface area contributed by atoms with Crippen molar-refractivity contribution in [3.8, 4) is 0 Å². The third kappa shape index (κ3) is 3.89. The van der Waals surface area contributed by atoms with E-state index in [0.717, 1.165) is 19.4 Å². The Morgan fingerprint density at radius 3 is 2.67 bits per heavy atom. The zero-order valence-electron chi connectivity index (χ0n) is 12.8. The maximum absolute atomic E-state index is 11.9. The smallest absolute Gasteiger partial charge is 0.330 e. The van der Waals surface area contributed by atoms with Crippen LogP contribution < -0.4 is 22.3 Å².